The first-order valence-electron chi connectivity index (χ1n) is 14.1. The fraction of sp³-hybridized carbons (Fsp3) is 0.171. The summed E-state index contributed by atoms with van der Waals surface area (Å²) < 4.78 is 20.4. The van der Waals surface area contributed by atoms with Gasteiger partial charge in [-0.3, -0.25) is 9.36 Å². The third kappa shape index (κ3) is 5.57. The molecule has 1 aliphatic heterocycles. The smallest absolute Gasteiger partial charge is 0.338 e. The van der Waals surface area contributed by atoms with E-state index in [1.807, 2.05) is 79.7 Å². The Morgan fingerprint density at radius 3 is 2.52 bits per heavy atom. The minimum atomic E-state index is -0.662. The van der Waals surface area contributed by atoms with Crippen LogP contribution in [0.3, 0.4) is 0 Å². The highest BCUT2D eigenvalue weighted by Crippen LogP contribution is 2.36. The second-order valence-corrected chi connectivity index (χ2v) is 12.4. The highest BCUT2D eigenvalue weighted by molar-refractivity contribution is 14.1. The van der Waals surface area contributed by atoms with Gasteiger partial charge in [-0.1, -0.05) is 91.1 Å². The fourth-order valence-corrected chi connectivity index (χ4v) is 7.16. The van der Waals surface area contributed by atoms with E-state index >= 15 is 0 Å². The highest BCUT2D eigenvalue weighted by Gasteiger charge is 2.33. The average molecular weight is 717 g/mol. The number of hydrogen-bond donors (Lipinski definition) is 0. The Bertz CT molecular complexity index is 2090. The van der Waals surface area contributed by atoms with E-state index in [0.29, 0.717) is 50.7 Å². The maximum absolute atomic E-state index is 14.2. The number of ether oxygens (including phenoxy) is 3. The molecule has 0 unspecified atom stereocenters. The van der Waals surface area contributed by atoms with E-state index in [2.05, 4.69) is 40.8 Å². The summed E-state index contributed by atoms with van der Waals surface area (Å²) in [7, 11) is 2.95. The standard InChI is InChI=1S/C35H29IN2O5S/c1-4-27-30(34(40)42-3)31(22-12-6-5-7-13-22)38-33(39)29(44-35(38)37-27)18-24-17-25(36)19-28(41-2)32(24)43-20-23-15-10-14-21-11-8-9-16-26(21)23/h5-19,31H,4,20H2,1-3H3/b29-18+/t31-/m1/s1. The van der Waals surface area contributed by atoms with Crippen LogP contribution in [0, 0.1) is 3.57 Å². The zero-order chi connectivity index (χ0) is 30.8. The van der Waals surface area contributed by atoms with Crippen molar-refractivity contribution in [2.45, 2.75) is 26.0 Å². The Balaban J connectivity index is 1.50. The van der Waals surface area contributed by atoms with Crippen LogP contribution in [-0.2, 0) is 16.1 Å². The quantitative estimate of drug-likeness (QED) is 0.143. The van der Waals surface area contributed by atoms with Crippen LogP contribution in [0.5, 0.6) is 11.5 Å². The van der Waals surface area contributed by atoms with Crippen molar-refractivity contribution < 1.29 is 19.0 Å². The Labute approximate surface area is 271 Å². The predicted molar refractivity (Wildman–Crippen MR) is 181 cm³/mol. The van der Waals surface area contributed by atoms with Crippen molar-refractivity contribution >= 4 is 56.7 Å². The molecule has 6 rings (SSSR count). The molecule has 1 aliphatic rings. The molecule has 0 amide bonds. The molecule has 7 nitrogen and oxygen atoms in total. The number of allylic oxidation sites excluding steroid dienone is 1. The molecule has 44 heavy (non-hydrogen) atoms. The molecule has 0 aliphatic carbocycles. The monoisotopic (exact) mass is 716 g/mol. The number of esters is 1. The number of thiazole rings is 1. The number of fused-ring (bicyclic) bond motifs is 2. The van der Waals surface area contributed by atoms with Gasteiger partial charge in [0.05, 0.1) is 36.1 Å². The lowest BCUT2D eigenvalue weighted by Crippen LogP contribution is -2.40. The van der Waals surface area contributed by atoms with Crippen molar-refractivity contribution in [1.82, 2.24) is 4.57 Å². The minimum Gasteiger partial charge on any atom is -0.493 e. The summed E-state index contributed by atoms with van der Waals surface area (Å²) >= 11 is 3.51. The molecule has 5 aromatic rings. The van der Waals surface area contributed by atoms with E-state index in [0.717, 1.165) is 25.5 Å². The molecule has 1 aromatic heterocycles. The van der Waals surface area contributed by atoms with Crippen LogP contribution in [0.2, 0.25) is 0 Å². The van der Waals surface area contributed by atoms with Crippen LogP contribution in [0.1, 0.15) is 36.1 Å². The number of nitrogens with zero attached hydrogens (tertiary/aromatic N) is 2. The van der Waals surface area contributed by atoms with Crippen molar-refractivity contribution in [2.24, 2.45) is 4.99 Å². The number of halogens is 1. The first-order chi connectivity index (χ1) is 21.4. The molecule has 0 fully saturated rings. The minimum absolute atomic E-state index is 0.253. The highest BCUT2D eigenvalue weighted by atomic mass is 127. The molecular formula is C35H29IN2O5S. The fourth-order valence-electron chi connectivity index (χ4n) is 5.53. The van der Waals surface area contributed by atoms with E-state index < -0.39 is 12.0 Å². The Hall–Kier alpha value is -4.22. The van der Waals surface area contributed by atoms with E-state index in [1.54, 1.807) is 11.7 Å². The normalized spacial score (nSPS) is 14.7. The molecule has 0 radical (unpaired) electrons. The summed E-state index contributed by atoms with van der Waals surface area (Å²) in [6.07, 6.45) is 2.33. The van der Waals surface area contributed by atoms with Gasteiger partial charge in [0.2, 0.25) is 0 Å². The zero-order valence-corrected chi connectivity index (χ0v) is 27.3. The molecule has 2 heterocycles. The average Bonchev–Trinajstić information content (AvgIpc) is 3.36. The van der Waals surface area contributed by atoms with Gasteiger partial charge in [-0.2, -0.15) is 0 Å². The van der Waals surface area contributed by atoms with Crippen molar-refractivity contribution in [3.63, 3.8) is 0 Å². The van der Waals surface area contributed by atoms with Gasteiger partial charge in [-0.05, 0) is 69.1 Å². The maximum atomic E-state index is 14.2. The molecule has 0 bridgehead atoms. The molecule has 0 saturated carbocycles. The van der Waals surface area contributed by atoms with Crippen LogP contribution < -0.4 is 24.4 Å². The summed E-state index contributed by atoms with van der Waals surface area (Å²) in [6, 6.07) is 27.0. The largest absolute Gasteiger partial charge is 0.493 e. The number of benzene rings is 4. The molecule has 0 spiro atoms. The van der Waals surface area contributed by atoms with Crippen LogP contribution in [0.25, 0.3) is 16.8 Å². The summed E-state index contributed by atoms with van der Waals surface area (Å²) in [5.74, 6) is 0.607. The van der Waals surface area contributed by atoms with Crippen LogP contribution in [0.4, 0.5) is 0 Å². The Morgan fingerprint density at radius 2 is 1.77 bits per heavy atom. The van der Waals surface area contributed by atoms with E-state index in [4.69, 9.17) is 19.2 Å². The predicted octanol–water partition coefficient (Wildman–Crippen LogP) is 6.14. The molecule has 0 saturated heterocycles. The van der Waals surface area contributed by atoms with Crippen molar-refractivity contribution in [2.75, 3.05) is 14.2 Å². The van der Waals surface area contributed by atoms with Gasteiger partial charge >= 0.3 is 5.97 Å². The number of hydrogen-bond acceptors (Lipinski definition) is 7. The topological polar surface area (TPSA) is 79.1 Å². The van der Waals surface area contributed by atoms with Crippen LogP contribution >= 0.6 is 33.9 Å². The Kier molecular flexibility index (Phi) is 8.67. The number of carbonyl (C=O) groups is 1. The van der Waals surface area contributed by atoms with Gasteiger partial charge in [-0.25, -0.2) is 9.79 Å². The Morgan fingerprint density at radius 1 is 1.02 bits per heavy atom. The molecule has 222 valence electrons. The third-order valence-corrected chi connectivity index (χ3v) is 9.18. The second-order valence-electron chi connectivity index (χ2n) is 10.2. The van der Waals surface area contributed by atoms with Crippen molar-refractivity contribution in [3.8, 4) is 11.5 Å². The summed E-state index contributed by atoms with van der Waals surface area (Å²) in [4.78, 5) is 32.5. The van der Waals surface area contributed by atoms with Gasteiger partial charge in [0.25, 0.3) is 5.56 Å². The summed E-state index contributed by atoms with van der Waals surface area (Å²) in [5.41, 5.74) is 3.27. The van der Waals surface area contributed by atoms with E-state index in [-0.39, 0.29) is 5.56 Å². The zero-order valence-electron chi connectivity index (χ0n) is 24.4. The lowest BCUT2D eigenvalue weighted by molar-refractivity contribution is -0.136. The van der Waals surface area contributed by atoms with E-state index in [1.165, 1.54) is 18.4 Å². The van der Waals surface area contributed by atoms with Crippen molar-refractivity contribution in [3.05, 3.63) is 136 Å². The molecule has 1 atom stereocenters. The van der Waals surface area contributed by atoms with Gasteiger partial charge in [0.1, 0.15) is 6.61 Å². The summed E-state index contributed by atoms with van der Waals surface area (Å²) in [5, 5.41) is 2.25. The first kappa shape index (κ1) is 29.8. The molecule has 9 heteroatoms. The summed E-state index contributed by atoms with van der Waals surface area (Å²) in [6.45, 7) is 2.26. The van der Waals surface area contributed by atoms with Gasteiger partial charge in [0.15, 0.2) is 16.3 Å². The number of carbonyl (C=O) groups excluding carboxylic acids is 1. The SMILES string of the molecule is CCC1=C(C(=O)OC)[C@@H](c2ccccc2)n2c(s/c(=C/c3cc(I)cc(OC)c3OCc3cccc4ccccc34)c2=O)=N1. The van der Waals surface area contributed by atoms with Gasteiger partial charge in [0, 0.05) is 9.13 Å². The van der Waals surface area contributed by atoms with Crippen LogP contribution in [0.15, 0.2) is 106 Å². The van der Waals surface area contributed by atoms with E-state index in [9.17, 15) is 9.59 Å². The molecular weight excluding hydrogens is 687 g/mol. The number of rotatable bonds is 8. The third-order valence-electron chi connectivity index (χ3n) is 7.57. The van der Waals surface area contributed by atoms with Gasteiger partial charge < -0.3 is 14.2 Å². The number of aromatic nitrogens is 1. The lowest BCUT2D eigenvalue weighted by atomic mass is 9.95. The van der Waals surface area contributed by atoms with Crippen LogP contribution in [-0.4, -0.2) is 24.8 Å². The molecule has 4 aromatic carbocycles. The number of methoxy groups -OCH3 is 2. The lowest BCUT2D eigenvalue weighted by Gasteiger charge is -2.25. The first-order valence-corrected chi connectivity index (χ1v) is 16.0. The molecule has 0 N–H and O–H groups in total. The second kappa shape index (κ2) is 12.8. The van der Waals surface area contributed by atoms with Gasteiger partial charge in [-0.15, -0.1) is 0 Å². The van der Waals surface area contributed by atoms with Crippen molar-refractivity contribution in [1.29, 1.82) is 0 Å². The maximum Gasteiger partial charge on any atom is 0.338 e.